The maximum absolute atomic E-state index is 12.3. The molecule has 2 aliphatic rings. The van der Waals surface area contributed by atoms with Gasteiger partial charge in [-0.2, -0.15) is 0 Å². The van der Waals surface area contributed by atoms with E-state index in [0.29, 0.717) is 12.6 Å². The molecule has 1 amide bonds. The zero-order chi connectivity index (χ0) is 13.7. The highest BCUT2D eigenvalue weighted by Crippen LogP contribution is 2.15. The summed E-state index contributed by atoms with van der Waals surface area (Å²) in [5.74, 6) is 0.289. The maximum atomic E-state index is 12.3. The average Bonchev–Trinajstić information content (AvgIpc) is 2.47. The van der Waals surface area contributed by atoms with Crippen LogP contribution >= 0.6 is 0 Å². The summed E-state index contributed by atoms with van der Waals surface area (Å²) in [6.45, 7) is 10.2. The fraction of sp³-hybridized carbons (Fsp3) is 0.929. The van der Waals surface area contributed by atoms with Gasteiger partial charge in [-0.15, -0.1) is 0 Å². The molecule has 2 aliphatic heterocycles. The number of likely N-dealkylation sites (N-methyl/N-ethyl adjacent to an activating group) is 1. The quantitative estimate of drug-likeness (QED) is 0.769. The minimum Gasteiger partial charge on any atom is -0.342 e. The van der Waals surface area contributed by atoms with Crippen molar-refractivity contribution >= 4 is 5.91 Å². The molecule has 1 N–H and O–H groups in total. The van der Waals surface area contributed by atoms with Gasteiger partial charge in [0.1, 0.15) is 0 Å². The van der Waals surface area contributed by atoms with Crippen LogP contribution in [0.25, 0.3) is 0 Å². The number of amides is 1. The Morgan fingerprint density at radius 1 is 1.16 bits per heavy atom. The van der Waals surface area contributed by atoms with Crippen LogP contribution in [0, 0.1) is 0 Å². The fourth-order valence-electron chi connectivity index (χ4n) is 3.00. The highest BCUT2D eigenvalue weighted by atomic mass is 16.2. The van der Waals surface area contributed by atoms with E-state index in [-0.39, 0.29) is 5.91 Å². The van der Waals surface area contributed by atoms with Crippen LogP contribution < -0.4 is 5.32 Å². The van der Waals surface area contributed by atoms with Gasteiger partial charge < -0.3 is 15.1 Å². The highest BCUT2D eigenvalue weighted by Gasteiger charge is 2.25. The van der Waals surface area contributed by atoms with E-state index in [2.05, 4.69) is 22.0 Å². The minimum atomic E-state index is 0.289. The molecule has 0 aromatic heterocycles. The molecule has 2 heterocycles. The summed E-state index contributed by atoms with van der Waals surface area (Å²) in [6.07, 6.45) is 2.25. The van der Waals surface area contributed by atoms with E-state index in [1.807, 2.05) is 11.9 Å². The number of piperazine rings is 1. The first kappa shape index (κ1) is 14.8. The molecular formula is C14H28N4O. The Labute approximate surface area is 116 Å². The van der Waals surface area contributed by atoms with Crippen molar-refractivity contribution in [2.24, 2.45) is 0 Å². The Bertz CT molecular complexity index is 283. The lowest BCUT2D eigenvalue weighted by atomic mass is 10.0. The van der Waals surface area contributed by atoms with E-state index < -0.39 is 0 Å². The van der Waals surface area contributed by atoms with Crippen LogP contribution in [0.1, 0.15) is 19.8 Å². The number of rotatable bonds is 4. The normalized spacial score (nSPS) is 23.5. The molecule has 2 rings (SSSR count). The van der Waals surface area contributed by atoms with Crippen LogP contribution in [0.15, 0.2) is 0 Å². The molecule has 5 nitrogen and oxygen atoms in total. The van der Waals surface area contributed by atoms with Crippen molar-refractivity contribution in [2.75, 3.05) is 59.4 Å². The molecule has 0 aromatic carbocycles. The number of hydrogen-bond acceptors (Lipinski definition) is 4. The number of likely N-dealkylation sites (tertiary alicyclic amines) is 1. The molecular weight excluding hydrogens is 240 g/mol. The summed E-state index contributed by atoms with van der Waals surface area (Å²) in [6, 6.07) is 0.443. The van der Waals surface area contributed by atoms with Crippen molar-refractivity contribution in [3.63, 3.8) is 0 Å². The van der Waals surface area contributed by atoms with Crippen molar-refractivity contribution in [3.05, 3.63) is 0 Å². The van der Waals surface area contributed by atoms with Crippen LogP contribution in [-0.2, 0) is 4.79 Å². The van der Waals surface area contributed by atoms with Gasteiger partial charge in [-0.25, -0.2) is 0 Å². The predicted molar refractivity (Wildman–Crippen MR) is 77.2 cm³/mol. The van der Waals surface area contributed by atoms with Gasteiger partial charge in [0.2, 0.25) is 5.91 Å². The molecule has 110 valence electrons. The molecule has 0 bridgehead atoms. The van der Waals surface area contributed by atoms with E-state index in [1.165, 1.54) is 0 Å². The predicted octanol–water partition coefficient (Wildman–Crippen LogP) is -0.166. The fourth-order valence-corrected chi connectivity index (χ4v) is 3.00. The lowest BCUT2D eigenvalue weighted by molar-refractivity contribution is -0.134. The Morgan fingerprint density at radius 2 is 1.79 bits per heavy atom. The average molecular weight is 268 g/mol. The van der Waals surface area contributed by atoms with E-state index in [1.54, 1.807) is 0 Å². The molecule has 0 saturated carbocycles. The molecule has 19 heavy (non-hydrogen) atoms. The van der Waals surface area contributed by atoms with Gasteiger partial charge in [-0.1, -0.05) is 6.92 Å². The molecule has 2 saturated heterocycles. The van der Waals surface area contributed by atoms with E-state index in [0.717, 1.165) is 58.7 Å². The minimum absolute atomic E-state index is 0.289. The Hall–Kier alpha value is -0.650. The second-order valence-electron chi connectivity index (χ2n) is 5.70. The van der Waals surface area contributed by atoms with Crippen LogP contribution in [0.3, 0.4) is 0 Å². The zero-order valence-corrected chi connectivity index (χ0v) is 12.4. The van der Waals surface area contributed by atoms with Gasteiger partial charge in [0, 0.05) is 52.4 Å². The third-order valence-electron chi connectivity index (χ3n) is 4.51. The largest absolute Gasteiger partial charge is 0.342 e. The summed E-state index contributed by atoms with van der Waals surface area (Å²) in [7, 11) is 1.98. The first-order valence-electron chi connectivity index (χ1n) is 7.61. The second-order valence-corrected chi connectivity index (χ2v) is 5.70. The van der Waals surface area contributed by atoms with Crippen molar-refractivity contribution in [1.29, 1.82) is 0 Å². The van der Waals surface area contributed by atoms with E-state index in [4.69, 9.17) is 0 Å². The number of nitrogens with one attached hydrogen (secondary N) is 1. The number of carbonyl (C=O) groups is 1. The molecule has 5 heteroatoms. The van der Waals surface area contributed by atoms with Crippen molar-refractivity contribution in [1.82, 2.24) is 20.0 Å². The summed E-state index contributed by atoms with van der Waals surface area (Å²) in [5, 5.41) is 3.32. The molecule has 0 radical (unpaired) electrons. The summed E-state index contributed by atoms with van der Waals surface area (Å²) in [4.78, 5) is 19.0. The van der Waals surface area contributed by atoms with Gasteiger partial charge in [0.25, 0.3) is 0 Å². The Balaban J connectivity index is 1.75. The van der Waals surface area contributed by atoms with Crippen LogP contribution in [0.2, 0.25) is 0 Å². The number of hydrogen-bond donors (Lipinski definition) is 1. The van der Waals surface area contributed by atoms with E-state index >= 15 is 0 Å². The van der Waals surface area contributed by atoms with Crippen molar-refractivity contribution in [3.8, 4) is 0 Å². The molecule has 0 atom stereocenters. The van der Waals surface area contributed by atoms with Crippen molar-refractivity contribution in [2.45, 2.75) is 25.8 Å². The van der Waals surface area contributed by atoms with Gasteiger partial charge in [0.15, 0.2) is 0 Å². The third-order valence-corrected chi connectivity index (χ3v) is 4.51. The third kappa shape index (κ3) is 4.16. The molecule has 2 fully saturated rings. The highest BCUT2D eigenvalue weighted by molar-refractivity contribution is 5.78. The zero-order valence-electron chi connectivity index (χ0n) is 12.4. The van der Waals surface area contributed by atoms with Crippen LogP contribution in [0.4, 0.5) is 0 Å². The maximum Gasteiger partial charge on any atom is 0.236 e. The lowest BCUT2D eigenvalue weighted by Crippen LogP contribution is -2.51. The Morgan fingerprint density at radius 3 is 2.37 bits per heavy atom. The summed E-state index contributed by atoms with van der Waals surface area (Å²) < 4.78 is 0. The number of carbonyl (C=O) groups excluding carboxylic acids is 1. The molecule has 0 unspecified atom stereocenters. The second kappa shape index (κ2) is 7.22. The van der Waals surface area contributed by atoms with Crippen LogP contribution in [-0.4, -0.2) is 86.1 Å². The van der Waals surface area contributed by atoms with Gasteiger partial charge in [0.05, 0.1) is 6.54 Å². The lowest BCUT2D eigenvalue weighted by Gasteiger charge is -2.37. The van der Waals surface area contributed by atoms with E-state index in [9.17, 15) is 4.79 Å². The van der Waals surface area contributed by atoms with Crippen LogP contribution in [0.5, 0.6) is 0 Å². The van der Waals surface area contributed by atoms with Gasteiger partial charge >= 0.3 is 0 Å². The van der Waals surface area contributed by atoms with Crippen molar-refractivity contribution < 1.29 is 4.79 Å². The molecule has 0 spiro atoms. The Kier molecular flexibility index (Phi) is 5.60. The monoisotopic (exact) mass is 268 g/mol. The molecule has 0 aromatic rings. The SMILES string of the molecule is CCN1CCC(N(C)C(=O)CN2CCNCC2)CC1. The number of nitrogens with zero attached hydrogens (tertiary/aromatic N) is 3. The first-order valence-corrected chi connectivity index (χ1v) is 7.61. The topological polar surface area (TPSA) is 38.8 Å². The first-order chi connectivity index (χ1) is 9.20. The molecule has 0 aliphatic carbocycles. The smallest absolute Gasteiger partial charge is 0.236 e. The number of piperidine rings is 1. The standard InChI is InChI=1S/C14H28N4O/c1-3-17-8-4-13(5-9-17)16(2)14(19)12-18-10-6-15-7-11-18/h13,15H,3-12H2,1-2H3. The summed E-state index contributed by atoms with van der Waals surface area (Å²) in [5.41, 5.74) is 0. The van der Waals surface area contributed by atoms with Gasteiger partial charge in [-0.3, -0.25) is 9.69 Å². The summed E-state index contributed by atoms with van der Waals surface area (Å²) >= 11 is 0. The van der Waals surface area contributed by atoms with Gasteiger partial charge in [-0.05, 0) is 19.4 Å².